The van der Waals surface area contributed by atoms with Gasteiger partial charge in [0.2, 0.25) is 5.43 Å². The Bertz CT molecular complexity index is 1310. The van der Waals surface area contributed by atoms with E-state index in [2.05, 4.69) is 4.74 Å². The van der Waals surface area contributed by atoms with Gasteiger partial charge >= 0.3 is 6.16 Å². The molecule has 4 aromatic rings. The quantitative estimate of drug-likeness (QED) is 0.465. The van der Waals surface area contributed by atoms with E-state index in [1.165, 1.54) is 29.0 Å². The summed E-state index contributed by atoms with van der Waals surface area (Å²) in [4.78, 5) is 23.4. The molecule has 0 aliphatic heterocycles. The first kappa shape index (κ1) is 20.2. The van der Waals surface area contributed by atoms with Crippen molar-refractivity contribution in [3.63, 3.8) is 0 Å². The molecular formula is C24H18FNO5. The van der Waals surface area contributed by atoms with Crippen molar-refractivity contribution in [3.8, 4) is 22.6 Å². The summed E-state index contributed by atoms with van der Waals surface area (Å²) >= 11 is 0. The highest BCUT2D eigenvalue weighted by molar-refractivity contribution is 5.81. The van der Waals surface area contributed by atoms with Crippen molar-refractivity contribution in [1.82, 2.24) is 4.57 Å². The van der Waals surface area contributed by atoms with Crippen LogP contribution in [0, 0.1) is 5.82 Å². The molecule has 0 spiro atoms. The molecule has 6 nitrogen and oxygen atoms in total. The van der Waals surface area contributed by atoms with Gasteiger partial charge in [0, 0.05) is 6.54 Å². The van der Waals surface area contributed by atoms with Gasteiger partial charge in [0.25, 0.3) is 0 Å². The molecule has 1 N–H and O–H groups in total. The van der Waals surface area contributed by atoms with Crippen molar-refractivity contribution in [3.05, 3.63) is 94.5 Å². The maximum absolute atomic E-state index is 14.5. The fourth-order valence-electron chi connectivity index (χ4n) is 3.46. The number of aromatic nitrogens is 1. The molecule has 0 atom stereocenters. The molecule has 4 rings (SSSR count). The number of carbonyl (C=O) groups is 1. The topological polar surface area (TPSA) is 77.8 Å². The number of para-hydroxylation sites is 1. The molecule has 156 valence electrons. The molecule has 1 aromatic heterocycles. The van der Waals surface area contributed by atoms with E-state index in [1.807, 2.05) is 48.5 Å². The van der Waals surface area contributed by atoms with Crippen molar-refractivity contribution >= 4 is 17.1 Å². The van der Waals surface area contributed by atoms with Crippen LogP contribution in [-0.4, -0.2) is 22.9 Å². The van der Waals surface area contributed by atoms with Crippen molar-refractivity contribution in [2.75, 3.05) is 7.11 Å². The molecule has 0 aliphatic carbocycles. The van der Waals surface area contributed by atoms with Crippen LogP contribution in [0.5, 0.6) is 11.5 Å². The van der Waals surface area contributed by atoms with Gasteiger partial charge in [0.15, 0.2) is 5.75 Å². The van der Waals surface area contributed by atoms with Crippen molar-refractivity contribution < 1.29 is 23.8 Å². The van der Waals surface area contributed by atoms with Crippen molar-refractivity contribution in [2.45, 2.75) is 6.54 Å². The maximum atomic E-state index is 14.5. The number of pyridine rings is 1. The Morgan fingerprint density at radius 1 is 1.00 bits per heavy atom. The number of ether oxygens (including phenoxy) is 2. The van der Waals surface area contributed by atoms with Gasteiger partial charge in [0.05, 0.1) is 24.2 Å². The number of rotatable bonds is 5. The van der Waals surface area contributed by atoms with E-state index in [9.17, 15) is 14.0 Å². The van der Waals surface area contributed by atoms with Crippen LogP contribution in [0.4, 0.5) is 9.18 Å². The lowest BCUT2D eigenvalue weighted by molar-refractivity contribution is 0.144. The van der Waals surface area contributed by atoms with Crippen LogP contribution >= 0.6 is 0 Å². The molecule has 1 heterocycles. The van der Waals surface area contributed by atoms with E-state index >= 15 is 0 Å². The number of benzene rings is 3. The summed E-state index contributed by atoms with van der Waals surface area (Å²) in [6, 6.07) is 19.4. The summed E-state index contributed by atoms with van der Waals surface area (Å²) in [6.45, 7) is 0.219. The van der Waals surface area contributed by atoms with Gasteiger partial charge in [-0.15, -0.1) is 0 Å². The molecule has 3 aromatic carbocycles. The second-order valence-electron chi connectivity index (χ2n) is 6.88. The number of carboxylic acid groups (broad SMARTS) is 1. The summed E-state index contributed by atoms with van der Waals surface area (Å²) < 4.78 is 25.8. The summed E-state index contributed by atoms with van der Waals surface area (Å²) in [5.41, 5.74) is 2.26. The van der Waals surface area contributed by atoms with Gasteiger partial charge in [-0.1, -0.05) is 42.5 Å². The number of hydrogen-bond acceptors (Lipinski definition) is 4. The van der Waals surface area contributed by atoms with Crippen LogP contribution in [0.15, 0.2) is 77.7 Å². The van der Waals surface area contributed by atoms with Crippen LogP contribution in [0.25, 0.3) is 22.0 Å². The van der Waals surface area contributed by atoms with E-state index in [0.717, 1.165) is 22.4 Å². The molecule has 0 unspecified atom stereocenters. The Hall–Kier alpha value is -4.13. The highest BCUT2D eigenvalue weighted by Crippen LogP contribution is 2.24. The van der Waals surface area contributed by atoms with Crippen LogP contribution in [0.2, 0.25) is 0 Å². The van der Waals surface area contributed by atoms with Crippen LogP contribution in [-0.2, 0) is 6.54 Å². The normalized spacial score (nSPS) is 10.8. The van der Waals surface area contributed by atoms with E-state index < -0.39 is 17.4 Å². The molecule has 7 heteroatoms. The number of hydrogen-bond donors (Lipinski definition) is 1. The minimum Gasteiger partial charge on any atom is -0.497 e. The Labute approximate surface area is 176 Å². The molecule has 0 radical (unpaired) electrons. The highest BCUT2D eigenvalue weighted by Gasteiger charge is 2.16. The fourth-order valence-corrected chi connectivity index (χ4v) is 3.46. The fraction of sp³-hybridized carbons (Fsp3) is 0.0833. The molecule has 0 bridgehead atoms. The summed E-state index contributed by atoms with van der Waals surface area (Å²) in [7, 11) is 1.61. The van der Waals surface area contributed by atoms with Crippen LogP contribution in [0.1, 0.15) is 5.56 Å². The molecule has 31 heavy (non-hydrogen) atoms. The first-order valence-electron chi connectivity index (χ1n) is 9.42. The summed E-state index contributed by atoms with van der Waals surface area (Å²) in [5.74, 6) is -0.182. The predicted molar refractivity (Wildman–Crippen MR) is 114 cm³/mol. The van der Waals surface area contributed by atoms with Crippen molar-refractivity contribution in [1.29, 1.82) is 0 Å². The van der Waals surface area contributed by atoms with Gasteiger partial charge in [0.1, 0.15) is 11.6 Å². The number of halogens is 1. The lowest BCUT2D eigenvalue weighted by Gasteiger charge is -2.14. The zero-order valence-electron chi connectivity index (χ0n) is 16.5. The van der Waals surface area contributed by atoms with Gasteiger partial charge in [-0.25, -0.2) is 9.18 Å². The second-order valence-corrected chi connectivity index (χ2v) is 6.88. The summed E-state index contributed by atoms with van der Waals surface area (Å²) in [5, 5.41) is 8.97. The standard InChI is InChI=1S/C24H18FNO5/c1-30-18-11-9-17(10-12-18)16-7-5-15(6-8-16)13-26-14-21(31-24(28)29)23(27)19-3-2-4-20(25)22(19)26/h2-12,14H,13H2,1H3,(H,28,29). The summed E-state index contributed by atoms with van der Waals surface area (Å²) in [6.07, 6.45) is -0.387. The lowest BCUT2D eigenvalue weighted by Crippen LogP contribution is -2.17. The Balaban J connectivity index is 1.71. The van der Waals surface area contributed by atoms with Gasteiger partial charge in [-0.3, -0.25) is 4.79 Å². The number of fused-ring (bicyclic) bond motifs is 1. The van der Waals surface area contributed by atoms with E-state index in [1.54, 1.807) is 7.11 Å². The Kier molecular flexibility index (Phi) is 5.41. The first-order valence-corrected chi connectivity index (χ1v) is 9.42. The van der Waals surface area contributed by atoms with Gasteiger partial charge in [-0.05, 0) is 41.0 Å². The van der Waals surface area contributed by atoms with E-state index in [-0.39, 0.29) is 23.2 Å². The lowest BCUT2D eigenvalue weighted by atomic mass is 10.0. The molecule has 0 fully saturated rings. The third-order valence-corrected chi connectivity index (χ3v) is 4.94. The SMILES string of the molecule is COc1ccc(-c2ccc(Cn3cc(OC(=O)O)c(=O)c4cccc(F)c43)cc2)cc1. The minimum atomic E-state index is -1.61. The highest BCUT2D eigenvalue weighted by atomic mass is 19.1. The van der Waals surface area contributed by atoms with E-state index in [0.29, 0.717) is 0 Å². The predicted octanol–water partition coefficient (Wildman–Crippen LogP) is 4.92. The average Bonchev–Trinajstić information content (AvgIpc) is 2.77. The zero-order valence-corrected chi connectivity index (χ0v) is 16.5. The molecule has 0 amide bonds. The molecule has 0 saturated carbocycles. The number of nitrogens with zero attached hydrogens (tertiary/aromatic N) is 1. The third kappa shape index (κ3) is 4.11. The van der Waals surface area contributed by atoms with Crippen LogP contribution in [0.3, 0.4) is 0 Å². The van der Waals surface area contributed by atoms with E-state index in [4.69, 9.17) is 9.84 Å². The molecule has 0 aliphatic rings. The number of methoxy groups -OCH3 is 1. The minimum absolute atomic E-state index is 0.0496. The first-order chi connectivity index (χ1) is 15.0. The Morgan fingerprint density at radius 3 is 2.26 bits per heavy atom. The Morgan fingerprint density at radius 2 is 1.65 bits per heavy atom. The largest absolute Gasteiger partial charge is 0.511 e. The van der Waals surface area contributed by atoms with Crippen molar-refractivity contribution in [2.24, 2.45) is 0 Å². The van der Waals surface area contributed by atoms with Gasteiger partial charge in [-0.2, -0.15) is 0 Å². The monoisotopic (exact) mass is 419 g/mol. The zero-order chi connectivity index (χ0) is 22.0. The van der Waals surface area contributed by atoms with Crippen LogP contribution < -0.4 is 14.9 Å². The molecule has 0 saturated heterocycles. The van der Waals surface area contributed by atoms with Gasteiger partial charge < -0.3 is 19.1 Å². The maximum Gasteiger partial charge on any atom is 0.511 e. The second kappa shape index (κ2) is 8.31. The third-order valence-electron chi connectivity index (χ3n) is 4.94. The average molecular weight is 419 g/mol. The molecular weight excluding hydrogens is 401 g/mol. The smallest absolute Gasteiger partial charge is 0.497 e.